The second-order valence-electron chi connectivity index (χ2n) is 6.62. The van der Waals surface area contributed by atoms with Crippen LogP contribution in [0.4, 0.5) is 11.4 Å². The molecule has 1 N–H and O–H groups in total. The molecule has 2 aromatic rings. The van der Waals surface area contributed by atoms with Crippen LogP contribution < -0.4 is 15.0 Å². The largest absolute Gasteiger partial charge is 0.495 e. The molecular weight excluding hydrogens is 364 g/mol. The number of benzene rings is 2. The number of methoxy groups -OCH3 is 1. The average molecular weight is 389 g/mol. The van der Waals surface area contributed by atoms with Crippen molar-refractivity contribution in [3.63, 3.8) is 0 Å². The van der Waals surface area contributed by atoms with Gasteiger partial charge >= 0.3 is 0 Å². The summed E-state index contributed by atoms with van der Waals surface area (Å²) in [4.78, 5) is 26.1. The van der Waals surface area contributed by atoms with Gasteiger partial charge in [-0.3, -0.25) is 9.59 Å². The number of aryl methyl sites for hydroxylation is 3. The molecule has 2 aromatic carbocycles. The zero-order valence-electron chi connectivity index (χ0n) is 16.4. The van der Waals surface area contributed by atoms with Gasteiger partial charge in [-0.2, -0.15) is 0 Å². The van der Waals surface area contributed by atoms with Crippen LogP contribution in [0.15, 0.2) is 30.3 Å². The van der Waals surface area contributed by atoms with Crippen LogP contribution in [0.5, 0.6) is 5.75 Å². The smallest absolute Gasteiger partial charge is 0.226 e. The summed E-state index contributed by atoms with van der Waals surface area (Å²) < 4.78 is 5.28. The Morgan fingerprint density at radius 2 is 1.70 bits per heavy atom. The van der Waals surface area contributed by atoms with E-state index in [1.165, 1.54) is 14.0 Å². The van der Waals surface area contributed by atoms with Gasteiger partial charge in [0, 0.05) is 36.7 Å². The van der Waals surface area contributed by atoms with E-state index in [9.17, 15) is 9.59 Å². The van der Waals surface area contributed by atoms with E-state index in [0.29, 0.717) is 23.0 Å². The molecule has 144 valence electrons. The third-order valence-electron chi connectivity index (χ3n) is 4.22. The second kappa shape index (κ2) is 8.91. The summed E-state index contributed by atoms with van der Waals surface area (Å²) in [5.41, 5.74) is 4.34. The van der Waals surface area contributed by atoms with Gasteiger partial charge in [0.1, 0.15) is 5.75 Å². The zero-order chi connectivity index (χ0) is 20.1. The monoisotopic (exact) mass is 388 g/mol. The fourth-order valence-electron chi connectivity index (χ4n) is 2.93. The molecule has 0 fully saturated rings. The first-order chi connectivity index (χ1) is 12.7. The van der Waals surface area contributed by atoms with Crippen LogP contribution in [-0.2, 0) is 9.59 Å². The number of carbonyl (C=O) groups is 2. The number of ether oxygens (including phenoxy) is 1. The van der Waals surface area contributed by atoms with E-state index in [4.69, 9.17) is 16.3 Å². The quantitative estimate of drug-likeness (QED) is 0.783. The summed E-state index contributed by atoms with van der Waals surface area (Å²) in [5, 5.41) is 3.41. The molecule has 0 heterocycles. The number of nitrogens with one attached hydrogen (secondary N) is 1. The maximum absolute atomic E-state index is 12.4. The van der Waals surface area contributed by atoms with E-state index in [-0.39, 0.29) is 18.2 Å². The second-order valence-corrected chi connectivity index (χ2v) is 7.02. The number of nitrogens with zero attached hydrogens (tertiary/aromatic N) is 1. The van der Waals surface area contributed by atoms with Gasteiger partial charge in [0.2, 0.25) is 11.8 Å². The first-order valence-corrected chi connectivity index (χ1v) is 9.09. The Balaban J connectivity index is 2.11. The highest BCUT2D eigenvalue weighted by molar-refractivity contribution is 6.31. The van der Waals surface area contributed by atoms with Crippen LogP contribution >= 0.6 is 11.6 Å². The van der Waals surface area contributed by atoms with E-state index in [1.807, 2.05) is 39.0 Å². The van der Waals surface area contributed by atoms with Crippen LogP contribution in [-0.4, -0.2) is 25.5 Å². The van der Waals surface area contributed by atoms with E-state index in [0.717, 1.165) is 22.4 Å². The van der Waals surface area contributed by atoms with Crippen molar-refractivity contribution in [2.45, 2.75) is 34.1 Å². The Bertz CT molecular complexity index is 844. The van der Waals surface area contributed by atoms with Crippen molar-refractivity contribution in [2.75, 3.05) is 23.9 Å². The molecule has 27 heavy (non-hydrogen) atoms. The summed E-state index contributed by atoms with van der Waals surface area (Å²) in [5.74, 6) is 0.190. The lowest BCUT2D eigenvalue weighted by atomic mass is 10.1. The SMILES string of the molecule is COc1cc(Cl)c(C)cc1NC(=O)CCN(C(C)=O)c1cc(C)cc(C)c1. The molecule has 0 unspecified atom stereocenters. The average Bonchev–Trinajstić information content (AvgIpc) is 2.57. The maximum atomic E-state index is 12.4. The lowest BCUT2D eigenvalue weighted by molar-refractivity contribution is -0.117. The molecule has 0 saturated carbocycles. The molecule has 0 atom stereocenters. The van der Waals surface area contributed by atoms with Crippen molar-refractivity contribution < 1.29 is 14.3 Å². The maximum Gasteiger partial charge on any atom is 0.226 e. The molecule has 0 radical (unpaired) electrons. The van der Waals surface area contributed by atoms with E-state index in [2.05, 4.69) is 5.32 Å². The van der Waals surface area contributed by atoms with Crippen LogP contribution in [0.3, 0.4) is 0 Å². The minimum Gasteiger partial charge on any atom is -0.495 e. The Kier molecular flexibility index (Phi) is 6.86. The summed E-state index contributed by atoms with van der Waals surface area (Å²) in [6.07, 6.45) is 0.164. The molecule has 2 rings (SSSR count). The lowest BCUT2D eigenvalue weighted by Crippen LogP contribution is -2.32. The van der Waals surface area contributed by atoms with E-state index in [1.54, 1.807) is 17.0 Å². The molecule has 0 aliphatic heterocycles. The summed E-state index contributed by atoms with van der Waals surface area (Å²) in [6, 6.07) is 9.37. The standard InChI is InChI=1S/C21H25ClN2O3/c1-13-8-14(2)10-17(9-13)24(16(4)25)7-6-21(26)23-19-11-15(3)18(22)12-20(19)27-5/h8-12H,6-7H2,1-5H3,(H,23,26). The molecule has 6 heteroatoms. The van der Waals surface area contributed by atoms with Crippen molar-refractivity contribution in [2.24, 2.45) is 0 Å². The van der Waals surface area contributed by atoms with E-state index < -0.39 is 0 Å². The molecule has 2 amide bonds. The number of halogens is 1. The minimum absolute atomic E-state index is 0.104. The number of carbonyl (C=O) groups excluding carboxylic acids is 2. The van der Waals surface area contributed by atoms with Gasteiger partial charge in [0.05, 0.1) is 12.8 Å². The van der Waals surface area contributed by atoms with Gasteiger partial charge in [-0.05, 0) is 55.7 Å². The topological polar surface area (TPSA) is 58.6 Å². The van der Waals surface area contributed by atoms with Crippen LogP contribution in [0.2, 0.25) is 5.02 Å². The number of rotatable bonds is 6. The molecular formula is C21H25ClN2O3. The fourth-order valence-corrected chi connectivity index (χ4v) is 3.08. The summed E-state index contributed by atoms with van der Waals surface area (Å²) in [7, 11) is 1.52. The molecule has 0 bridgehead atoms. The van der Waals surface area contributed by atoms with Crippen LogP contribution in [0.1, 0.15) is 30.0 Å². The molecule has 0 aliphatic rings. The molecule has 0 aromatic heterocycles. The Labute approximate surface area is 165 Å². The predicted octanol–water partition coefficient (Wildman–Crippen LogP) is 4.66. The van der Waals surface area contributed by atoms with Gasteiger partial charge in [0.15, 0.2) is 0 Å². The first-order valence-electron chi connectivity index (χ1n) is 8.71. The highest BCUT2D eigenvalue weighted by Gasteiger charge is 2.16. The predicted molar refractivity (Wildman–Crippen MR) is 110 cm³/mol. The fraction of sp³-hybridized carbons (Fsp3) is 0.333. The highest BCUT2D eigenvalue weighted by atomic mass is 35.5. The third-order valence-corrected chi connectivity index (χ3v) is 4.62. The Morgan fingerprint density at radius 1 is 1.07 bits per heavy atom. The van der Waals surface area contributed by atoms with Gasteiger partial charge in [-0.25, -0.2) is 0 Å². The normalized spacial score (nSPS) is 10.4. The van der Waals surface area contributed by atoms with Crippen molar-refractivity contribution in [3.05, 3.63) is 52.0 Å². The number of hydrogen-bond donors (Lipinski definition) is 1. The number of hydrogen-bond acceptors (Lipinski definition) is 3. The first kappa shape index (κ1) is 20.8. The van der Waals surface area contributed by atoms with Gasteiger partial charge in [-0.1, -0.05) is 17.7 Å². The summed E-state index contributed by atoms with van der Waals surface area (Å²) >= 11 is 6.10. The number of anilines is 2. The minimum atomic E-state index is -0.203. The molecule has 5 nitrogen and oxygen atoms in total. The van der Waals surface area contributed by atoms with Crippen molar-refractivity contribution >= 4 is 34.8 Å². The van der Waals surface area contributed by atoms with Gasteiger partial charge in [-0.15, -0.1) is 0 Å². The van der Waals surface area contributed by atoms with E-state index >= 15 is 0 Å². The van der Waals surface area contributed by atoms with Gasteiger partial charge in [0.25, 0.3) is 0 Å². The van der Waals surface area contributed by atoms with Crippen molar-refractivity contribution in [1.82, 2.24) is 0 Å². The number of amides is 2. The Morgan fingerprint density at radius 3 is 2.26 bits per heavy atom. The highest BCUT2D eigenvalue weighted by Crippen LogP contribution is 2.31. The van der Waals surface area contributed by atoms with Crippen LogP contribution in [0, 0.1) is 20.8 Å². The van der Waals surface area contributed by atoms with Crippen molar-refractivity contribution in [3.8, 4) is 5.75 Å². The van der Waals surface area contributed by atoms with Crippen molar-refractivity contribution in [1.29, 1.82) is 0 Å². The molecule has 0 saturated heterocycles. The van der Waals surface area contributed by atoms with Crippen LogP contribution in [0.25, 0.3) is 0 Å². The lowest BCUT2D eigenvalue weighted by Gasteiger charge is -2.22. The summed E-state index contributed by atoms with van der Waals surface area (Å²) in [6.45, 7) is 7.61. The molecule has 0 spiro atoms. The third kappa shape index (κ3) is 5.47. The molecule has 0 aliphatic carbocycles. The Hall–Kier alpha value is -2.53. The van der Waals surface area contributed by atoms with Gasteiger partial charge < -0.3 is 15.0 Å². The zero-order valence-corrected chi connectivity index (χ0v) is 17.1.